The molecular weight excluding hydrogens is 290 g/mol. The van der Waals surface area contributed by atoms with Crippen molar-refractivity contribution < 1.29 is 4.74 Å². The fraction of sp³-hybridized carbons (Fsp3) is 0.200. The lowest BCUT2D eigenvalue weighted by atomic mass is 9.96. The summed E-state index contributed by atoms with van der Waals surface area (Å²) in [4.78, 5) is 0. The molecule has 0 aliphatic rings. The number of rotatable bonds is 3. The summed E-state index contributed by atoms with van der Waals surface area (Å²) < 4.78 is 6.24. The minimum absolute atomic E-state index is 0.117. The third-order valence-electron chi connectivity index (χ3n) is 3.12. The molecule has 0 bridgehead atoms. The smallest absolute Gasteiger partial charge is 0.118 e. The van der Waals surface area contributed by atoms with E-state index in [0.29, 0.717) is 0 Å². The Kier molecular flexibility index (Phi) is 4.04. The molecule has 2 aromatic carbocycles. The third-order valence-corrected chi connectivity index (χ3v) is 3.98. The predicted molar refractivity (Wildman–Crippen MR) is 77.9 cm³/mol. The van der Waals surface area contributed by atoms with E-state index in [4.69, 9.17) is 10.5 Å². The molecule has 18 heavy (non-hydrogen) atoms. The van der Waals surface area contributed by atoms with E-state index in [1.165, 1.54) is 5.56 Å². The predicted octanol–water partition coefficient (Wildman–Crippen LogP) is 3.81. The maximum atomic E-state index is 6.32. The molecule has 1 unspecified atom stereocenters. The van der Waals surface area contributed by atoms with E-state index in [1.807, 2.05) is 36.4 Å². The molecular formula is C15H16BrNO. The minimum atomic E-state index is -0.117. The van der Waals surface area contributed by atoms with Gasteiger partial charge in [0, 0.05) is 4.47 Å². The molecule has 94 valence electrons. The molecule has 2 aromatic rings. The van der Waals surface area contributed by atoms with Crippen LogP contribution in [0.2, 0.25) is 0 Å². The van der Waals surface area contributed by atoms with Gasteiger partial charge in [-0.15, -0.1) is 0 Å². The van der Waals surface area contributed by atoms with Crippen LogP contribution in [0, 0.1) is 6.92 Å². The van der Waals surface area contributed by atoms with Gasteiger partial charge in [-0.3, -0.25) is 0 Å². The molecule has 0 saturated heterocycles. The number of nitrogens with two attached hydrogens (primary N) is 1. The van der Waals surface area contributed by atoms with Crippen LogP contribution in [-0.2, 0) is 0 Å². The van der Waals surface area contributed by atoms with E-state index in [9.17, 15) is 0 Å². The van der Waals surface area contributed by atoms with Crippen LogP contribution >= 0.6 is 15.9 Å². The summed E-state index contributed by atoms with van der Waals surface area (Å²) in [6.45, 7) is 2.07. The minimum Gasteiger partial charge on any atom is -0.497 e. The van der Waals surface area contributed by atoms with Crippen LogP contribution in [0.15, 0.2) is 46.9 Å². The van der Waals surface area contributed by atoms with Crippen LogP contribution in [0.5, 0.6) is 5.75 Å². The molecule has 0 saturated carbocycles. The summed E-state index contributed by atoms with van der Waals surface area (Å²) in [5.41, 5.74) is 9.71. The highest BCUT2D eigenvalue weighted by Crippen LogP contribution is 2.28. The van der Waals surface area contributed by atoms with Gasteiger partial charge in [0.2, 0.25) is 0 Å². The summed E-state index contributed by atoms with van der Waals surface area (Å²) in [5, 5.41) is 0. The number of methoxy groups -OCH3 is 1. The summed E-state index contributed by atoms with van der Waals surface area (Å²) in [6, 6.07) is 13.9. The lowest BCUT2D eigenvalue weighted by Gasteiger charge is -2.16. The lowest BCUT2D eigenvalue weighted by molar-refractivity contribution is 0.414. The maximum absolute atomic E-state index is 6.32. The summed E-state index contributed by atoms with van der Waals surface area (Å²) in [7, 11) is 1.66. The molecule has 0 aliphatic heterocycles. The Bertz CT molecular complexity index is 537. The normalized spacial score (nSPS) is 12.2. The molecule has 1 atom stereocenters. The SMILES string of the molecule is COc1ccc(C(N)c2cccc(Br)c2C)cc1. The van der Waals surface area contributed by atoms with E-state index < -0.39 is 0 Å². The van der Waals surface area contributed by atoms with Gasteiger partial charge in [-0.1, -0.05) is 40.2 Å². The highest BCUT2D eigenvalue weighted by atomic mass is 79.9. The number of benzene rings is 2. The maximum Gasteiger partial charge on any atom is 0.118 e. The van der Waals surface area contributed by atoms with E-state index in [0.717, 1.165) is 21.3 Å². The van der Waals surface area contributed by atoms with Gasteiger partial charge in [0.1, 0.15) is 5.75 Å². The Morgan fingerprint density at radius 3 is 2.39 bits per heavy atom. The van der Waals surface area contributed by atoms with Gasteiger partial charge in [-0.2, -0.15) is 0 Å². The van der Waals surface area contributed by atoms with Crippen molar-refractivity contribution in [2.45, 2.75) is 13.0 Å². The first kappa shape index (κ1) is 13.1. The molecule has 0 radical (unpaired) electrons. The van der Waals surface area contributed by atoms with Crippen molar-refractivity contribution in [3.8, 4) is 5.75 Å². The largest absolute Gasteiger partial charge is 0.497 e. The molecule has 0 fully saturated rings. The average molecular weight is 306 g/mol. The second-order valence-electron chi connectivity index (χ2n) is 4.20. The van der Waals surface area contributed by atoms with Gasteiger partial charge in [0.25, 0.3) is 0 Å². The number of hydrogen-bond donors (Lipinski definition) is 1. The standard InChI is InChI=1S/C15H16BrNO/c1-10-13(4-3-5-14(10)16)15(17)11-6-8-12(18-2)9-7-11/h3-9,15H,17H2,1-2H3. The van der Waals surface area contributed by atoms with Crippen LogP contribution in [-0.4, -0.2) is 7.11 Å². The monoisotopic (exact) mass is 305 g/mol. The first-order valence-electron chi connectivity index (χ1n) is 5.78. The van der Waals surface area contributed by atoms with E-state index in [2.05, 4.69) is 28.9 Å². The van der Waals surface area contributed by atoms with Crippen molar-refractivity contribution in [1.29, 1.82) is 0 Å². The Labute approximate surface area is 116 Å². The first-order valence-corrected chi connectivity index (χ1v) is 6.57. The fourth-order valence-corrected chi connectivity index (χ4v) is 2.33. The van der Waals surface area contributed by atoms with Gasteiger partial charge in [0.05, 0.1) is 13.2 Å². The lowest BCUT2D eigenvalue weighted by Crippen LogP contribution is -2.13. The fourth-order valence-electron chi connectivity index (χ4n) is 1.95. The molecule has 0 spiro atoms. The Balaban J connectivity index is 2.35. The molecule has 2 N–H and O–H groups in total. The summed E-state index contributed by atoms with van der Waals surface area (Å²) in [5.74, 6) is 0.844. The van der Waals surface area contributed by atoms with Gasteiger partial charge >= 0.3 is 0 Å². The first-order chi connectivity index (χ1) is 8.63. The van der Waals surface area contributed by atoms with Crippen LogP contribution in [0.25, 0.3) is 0 Å². The molecule has 0 amide bonds. The summed E-state index contributed by atoms with van der Waals surface area (Å²) in [6.07, 6.45) is 0. The van der Waals surface area contributed by atoms with Crippen LogP contribution in [0.1, 0.15) is 22.7 Å². The van der Waals surface area contributed by atoms with Crippen molar-refractivity contribution in [2.24, 2.45) is 5.73 Å². The summed E-state index contributed by atoms with van der Waals surface area (Å²) >= 11 is 3.53. The van der Waals surface area contributed by atoms with Gasteiger partial charge < -0.3 is 10.5 Å². The van der Waals surface area contributed by atoms with Crippen LogP contribution < -0.4 is 10.5 Å². The molecule has 2 nitrogen and oxygen atoms in total. The van der Waals surface area contributed by atoms with Gasteiger partial charge in [-0.05, 0) is 41.8 Å². The molecule has 2 rings (SSSR count). The van der Waals surface area contributed by atoms with Gasteiger partial charge in [0.15, 0.2) is 0 Å². The average Bonchev–Trinajstić information content (AvgIpc) is 2.41. The van der Waals surface area contributed by atoms with Crippen molar-refractivity contribution in [1.82, 2.24) is 0 Å². The van der Waals surface area contributed by atoms with Crippen molar-refractivity contribution in [3.63, 3.8) is 0 Å². The highest BCUT2D eigenvalue weighted by molar-refractivity contribution is 9.10. The quantitative estimate of drug-likeness (QED) is 0.936. The molecule has 0 aromatic heterocycles. The van der Waals surface area contributed by atoms with E-state index >= 15 is 0 Å². The number of hydrogen-bond acceptors (Lipinski definition) is 2. The van der Waals surface area contributed by atoms with Gasteiger partial charge in [-0.25, -0.2) is 0 Å². The second kappa shape index (κ2) is 5.55. The zero-order valence-corrected chi connectivity index (χ0v) is 12.1. The van der Waals surface area contributed by atoms with E-state index in [1.54, 1.807) is 7.11 Å². The second-order valence-corrected chi connectivity index (χ2v) is 5.06. The number of halogens is 1. The van der Waals surface area contributed by atoms with E-state index in [-0.39, 0.29) is 6.04 Å². The zero-order valence-electron chi connectivity index (χ0n) is 10.5. The van der Waals surface area contributed by atoms with Crippen LogP contribution in [0.3, 0.4) is 0 Å². The molecule has 0 heterocycles. The van der Waals surface area contributed by atoms with Crippen molar-refractivity contribution >= 4 is 15.9 Å². The van der Waals surface area contributed by atoms with Crippen LogP contribution in [0.4, 0.5) is 0 Å². The Morgan fingerprint density at radius 2 is 1.78 bits per heavy atom. The van der Waals surface area contributed by atoms with Crippen molar-refractivity contribution in [3.05, 3.63) is 63.6 Å². The zero-order chi connectivity index (χ0) is 13.1. The molecule has 3 heteroatoms. The molecule has 0 aliphatic carbocycles. The number of ether oxygens (including phenoxy) is 1. The Morgan fingerprint density at radius 1 is 1.11 bits per heavy atom. The topological polar surface area (TPSA) is 35.2 Å². The third kappa shape index (κ3) is 2.57. The Hall–Kier alpha value is -1.32. The highest BCUT2D eigenvalue weighted by Gasteiger charge is 2.12. The van der Waals surface area contributed by atoms with Crippen molar-refractivity contribution in [2.75, 3.05) is 7.11 Å².